The molecule has 0 rings (SSSR count). The third-order valence-electron chi connectivity index (χ3n) is 4.88. The maximum Gasteiger partial charge on any atom is 0.309 e. The van der Waals surface area contributed by atoms with E-state index in [9.17, 15) is 14.4 Å². The quantitative estimate of drug-likeness (QED) is 0.152. The Morgan fingerprint density at radius 3 is 2.00 bits per heavy atom. The molecule has 0 aliphatic heterocycles. The van der Waals surface area contributed by atoms with E-state index in [1.807, 2.05) is 6.08 Å². The summed E-state index contributed by atoms with van der Waals surface area (Å²) in [6.45, 7) is 10.7. The van der Waals surface area contributed by atoms with Gasteiger partial charge in [-0.25, -0.2) is 0 Å². The zero-order valence-corrected chi connectivity index (χ0v) is 19.9. The summed E-state index contributed by atoms with van der Waals surface area (Å²) in [5, 5.41) is 0. The van der Waals surface area contributed by atoms with Crippen LogP contribution in [0.2, 0.25) is 0 Å². The van der Waals surface area contributed by atoms with Crippen molar-refractivity contribution in [3.05, 3.63) is 12.2 Å². The maximum atomic E-state index is 12.4. The Kier molecular flexibility index (Phi) is 17.1. The molecule has 5 nitrogen and oxygen atoms in total. The van der Waals surface area contributed by atoms with Gasteiger partial charge in [-0.05, 0) is 57.3 Å². The molecule has 1 unspecified atom stereocenters. The molecule has 0 saturated carbocycles. The molecule has 0 aromatic carbocycles. The van der Waals surface area contributed by atoms with E-state index in [0.29, 0.717) is 37.9 Å². The van der Waals surface area contributed by atoms with Crippen molar-refractivity contribution in [1.82, 2.24) is 0 Å². The Balaban J connectivity index is 4.37. The minimum Gasteiger partial charge on any atom is -0.466 e. The molecule has 1 atom stereocenters. The lowest BCUT2D eigenvalue weighted by Gasteiger charge is -2.15. The van der Waals surface area contributed by atoms with Crippen molar-refractivity contribution in [2.75, 3.05) is 13.2 Å². The monoisotopic (exact) mass is 424 g/mol. The standard InChI is InChI=1S/C25H44O5/c1-20(2)15-17-29-24(27)19-23(25(28)30-18-16-21(3)4)14-12-10-8-6-7-9-11-13-22(5)26/h10,12,20-21,23H,6-9,11,13-19H2,1-5H3. The van der Waals surface area contributed by atoms with Gasteiger partial charge in [-0.1, -0.05) is 52.7 Å². The Morgan fingerprint density at radius 2 is 1.40 bits per heavy atom. The van der Waals surface area contributed by atoms with Crippen molar-refractivity contribution in [3.63, 3.8) is 0 Å². The van der Waals surface area contributed by atoms with Gasteiger partial charge in [-0.15, -0.1) is 0 Å². The van der Waals surface area contributed by atoms with E-state index in [2.05, 4.69) is 33.8 Å². The molecule has 5 heteroatoms. The summed E-state index contributed by atoms with van der Waals surface area (Å²) in [6, 6.07) is 0. The highest BCUT2D eigenvalue weighted by Crippen LogP contribution is 2.15. The normalized spacial score (nSPS) is 12.5. The largest absolute Gasteiger partial charge is 0.466 e. The second-order valence-corrected chi connectivity index (χ2v) is 9.02. The number of carbonyl (C=O) groups excluding carboxylic acids is 3. The van der Waals surface area contributed by atoms with Crippen LogP contribution >= 0.6 is 0 Å². The number of hydrogen-bond donors (Lipinski definition) is 0. The highest BCUT2D eigenvalue weighted by molar-refractivity contribution is 5.80. The van der Waals surface area contributed by atoms with Crippen LogP contribution in [-0.4, -0.2) is 30.9 Å². The maximum absolute atomic E-state index is 12.4. The van der Waals surface area contributed by atoms with Crippen LogP contribution in [0.25, 0.3) is 0 Å². The Morgan fingerprint density at radius 1 is 0.800 bits per heavy atom. The summed E-state index contributed by atoms with van der Waals surface area (Å²) in [6.07, 6.45) is 12.0. The summed E-state index contributed by atoms with van der Waals surface area (Å²) in [5.41, 5.74) is 0. The van der Waals surface area contributed by atoms with Gasteiger partial charge in [0.2, 0.25) is 0 Å². The number of carbonyl (C=O) groups is 3. The van der Waals surface area contributed by atoms with Gasteiger partial charge in [0, 0.05) is 6.42 Å². The molecule has 0 amide bonds. The van der Waals surface area contributed by atoms with E-state index in [0.717, 1.165) is 44.9 Å². The first-order chi connectivity index (χ1) is 14.2. The van der Waals surface area contributed by atoms with Gasteiger partial charge in [0.25, 0.3) is 0 Å². The first kappa shape index (κ1) is 28.4. The van der Waals surface area contributed by atoms with Crippen molar-refractivity contribution in [1.29, 1.82) is 0 Å². The zero-order valence-electron chi connectivity index (χ0n) is 19.9. The summed E-state index contributed by atoms with van der Waals surface area (Å²) in [4.78, 5) is 35.5. The molecule has 0 N–H and O–H groups in total. The number of ether oxygens (including phenoxy) is 2. The SMILES string of the molecule is CC(=O)CCCCCCC=CCC(CC(=O)OCCC(C)C)C(=O)OCCC(C)C. The number of unbranched alkanes of at least 4 members (excludes halogenated alkanes) is 4. The van der Waals surface area contributed by atoms with Crippen LogP contribution in [0.4, 0.5) is 0 Å². The summed E-state index contributed by atoms with van der Waals surface area (Å²) in [5.74, 6) is 0.0535. The average molecular weight is 425 g/mol. The fourth-order valence-corrected chi connectivity index (χ4v) is 2.81. The van der Waals surface area contributed by atoms with Crippen LogP contribution in [-0.2, 0) is 23.9 Å². The highest BCUT2D eigenvalue weighted by atomic mass is 16.5. The Hall–Kier alpha value is -1.65. The van der Waals surface area contributed by atoms with Crippen molar-refractivity contribution in [2.24, 2.45) is 17.8 Å². The number of Topliss-reactive ketones (excluding diaryl/α,β-unsaturated/α-hetero) is 1. The molecule has 0 fully saturated rings. The molecular formula is C25H44O5. The predicted octanol–water partition coefficient (Wildman–Crippen LogP) is 6.05. The van der Waals surface area contributed by atoms with Gasteiger partial charge in [0.1, 0.15) is 5.78 Å². The molecular weight excluding hydrogens is 380 g/mol. The second-order valence-electron chi connectivity index (χ2n) is 9.02. The van der Waals surface area contributed by atoms with Crippen LogP contribution in [0.3, 0.4) is 0 Å². The summed E-state index contributed by atoms with van der Waals surface area (Å²) >= 11 is 0. The molecule has 0 saturated heterocycles. The third kappa shape index (κ3) is 18.4. The van der Waals surface area contributed by atoms with E-state index in [-0.39, 0.29) is 24.1 Å². The molecule has 0 spiro atoms. The van der Waals surface area contributed by atoms with Gasteiger partial charge in [0.05, 0.1) is 25.6 Å². The van der Waals surface area contributed by atoms with Crippen molar-refractivity contribution in [2.45, 2.75) is 98.8 Å². The van der Waals surface area contributed by atoms with Gasteiger partial charge in [0.15, 0.2) is 0 Å². The smallest absolute Gasteiger partial charge is 0.309 e. The Labute approximate surface area is 184 Å². The predicted molar refractivity (Wildman–Crippen MR) is 121 cm³/mol. The first-order valence-corrected chi connectivity index (χ1v) is 11.7. The first-order valence-electron chi connectivity index (χ1n) is 11.7. The van der Waals surface area contributed by atoms with Crippen molar-refractivity contribution in [3.8, 4) is 0 Å². The van der Waals surface area contributed by atoms with Crippen LogP contribution in [0.1, 0.15) is 98.8 Å². The van der Waals surface area contributed by atoms with Gasteiger partial charge in [-0.3, -0.25) is 9.59 Å². The molecule has 0 aliphatic carbocycles. The van der Waals surface area contributed by atoms with Crippen LogP contribution in [0, 0.1) is 17.8 Å². The van der Waals surface area contributed by atoms with Gasteiger partial charge < -0.3 is 14.3 Å². The van der Waals surface area contributed by atoms with Gasteiger partial charge >= 0.3 is 11.9 Å². The van der Waals surface area contributed by atoms with Crippen molar-refractivity contribution < 1.29 is 23.9 Å². The minimum atomic E-state index is -0.490. The lowest BCUT2D eigenvalue weighted by atomic mass is 10.0. The lowest BCUT2D eigenvalue weighted by Crippen LogP contribution is -2.23. The van der Waals surface area contributed by atoms with Crippen LogP contribution in [0.15, 0.2) is 12.2 Å². The number of esters is 2. The summed E-state index contributed by atoms with van der Waals surface area (Å²) in [7, 11) is 0. The van der Waals surface area contributed by atoms with E-state index in [1.54, 1.807) is 6.92 Å². The molecule has 0 heterocycles. The molecule has 0 radical (unpaired) electrons. The molecule has 0 aromatic rings. The number of rotatable bonds is 18. The molecule has 0 aliphatic rings. The molecule has 0 aromatic heterocycles. The topological polar surface area (TPSA) is 69.7 Å². The van der Waals surface area contributed by atoms with E-state index in [1.165, 1.54) is 0 Å². The van der Waals surface area contributed by atoms with E-state index >= 15 is 0 Å². The molecule has 0 bridgehead atoms. The second kappa shape index (κ2) is 18.1. The minimum absolute atomic E-state index is 0.0635. The van der Waals surface area contributed by atoms with Crippen LogP contribution < -0.4 is 0 Å². The molecule has 30 heavy (non-hydrogen) atoms. The van der Waals surface area contributed by atoms with Crippen LogP contribution in [0.5, 0.6) is 0 Å². The number of ketones is 1. The summed E-state index contributed by atoms with van der Waals surface area (Å²) < 4.78 is 10.7. The van der Waals surface area contributed by atoms with E-state index in [4.69, 9.17) is 9.47 Å². The third-order valence-corrected chi connectivity index (χ3v) is 4.88. The zero-order chi connectivity index (χ0) is 22.8. The average Bonchev–Trinajstić information content (AvgIpc) is 2.64. The van der Waals surface area contributed by atoms with Crippen molar-refractivity contribution >= 4 is 17.7 Å². The van der Waals surface area contributed by atoms with Gasteiger partial charge in [-0.2, -0.15) is 0 Å². The molecule has 174 valence electrons. The number of allylic oxidation sites excluding steroid dienone is 2. The fourth-order valence-electron chi connectivity index (χ4n) is 2.81. The lowest BCUT2D eigenvalue weighted by molar-refractivity contribution is -0.155. The Bertz CT molecular complexity index is 508. The fraction of sp³-hybridized carbons (Fsp3) is 0.800. The van der Waals surface area contributed by atoms with E-state index < -0.39 is 5.92 Å². The highest BCUT2D eigenvalue weighted by Gasteiger charge is 2.23. The number of hydrogen-bond acceptors (Lipinski definition) is 5.